The summed E-state index contributed by atoms with van der Waals surface area (Å²) in [5.74, 6) is 0.648. The number of anilines is 1. The molecule has 1 heterocycles. The lowest BCUT2D eigenvalue weighted by molar-refractivity contribution is -0.137. The number of aromatic nitrogens is 1. The molecule has 5 nitrogen and oxygen atoms in total. The second kappa shape index (κ2) is 8.90. The van der Waals surface area contributed by atoms with Crippen LogP contribution in [-0.2, 0) is 12.7 Å². The molecule has 1 N–H and O–H groups in total. The summed E-state index contributed by atoms with van der Waals surface area (Å²) in [5, 5.41) is 9.88. The van der Waals surface area contributed by atoms with Crippen molar-refractivity contribution >= 4 is 11.8 Å². The van der Waals surface area contributed by atoms with E-state index in [0.29, 0.717) is 28.3 Å². The SMILES string of the molecule is COc1c(C)cnc(CN(C(=O)O)c2cc(C)cc(-c3ccc(C(F)(F)F)cc3)c2)c1C. The third kappa shape index (κ3) is 4.85. The first-order chi connectivity index (χ1) is 15.0. The quantitative estimate of drug-likeness (QED) is 0.496. The predicted molar refractivity (Wildman–Crippen MR) is 116 cm³/mol. The number of hydrogen-bond acceptors (Lipinski definition) is 3. The first-order valence-electron chi connectivity index (χ1n) is 9.80. The maximum Gasteiger partial charge on any atom is 0.416 e. The number of carboxylic acid groups (broad SMARTS) is 1. The molecule has 2 aromatic carbocycles. The molecule has 8 heteroatoms. The Balaban J connectivity index is 2.00. The van der Waals surface area contributed by atoms with Crippen LogP contribution in [-0.4, -0.2) is 23.3 Å². The average Bonchev–Trinajstić information content (AvgIpc) is 2.72. The van der Waals surface area contributed by atoms with Crippen LogP contribution in [0.4, 0.5) is 23.7 Å². The number of benzene rings is 2. The Morgan fingerprint density at radius 1 is 1.06 bits per heavy atom. The highest BCUT2D eigenvalue weighted by Gasteiger charge is 2.30. The van der Waals surface area contributed by atoms with Crippen LogP contribution >= 0.6 is 0 Å². The molecule has 0 unspecified atom stereocenters. The summed E-state index contributed by atoms with van der Waals surface area (Å²) in [6.07, 6.45) is -3.96. The molecule has 168 valence electrons. The zero-order valence-corrected chi connectivity index (χ0v) is 18.1. The van der Waals surface area contributed by atoms with Gasteiger partial charge in [-0.1, -0.05) is 18.2 Å². The highest BCUT2D eigenvalue weighted by Crippen LogP contribution is 2.33. The summed E-state index contributed by atoms with van der Waals surface area (Å²) in [4.78, 5) is 17.6. The summed E-state index contributed by atoms with van der Waals surface area (Å²) in [6.45, 7) is 5.47. The number of ether oxygens (including phenoxy) is 1. The standard InChI is InChI=1S/C24H23F3N2O3/c1-14-9-18(17-5-7-19(8-6-17)24(25,26)27)11-20(10-14)29(23(30)31)13-21-16(3)22(32-4)15(2)12-28-21/h5-12H,13H2,1-4H3,(H,30,31). The van der Waals surface area contributed by atoms with E-state index in [1.54, 1.807) is 38.4 Å². The van der Waals surface area contributed by atoms with Crippen molar-refractivity contribution in [2.75, 3.05) is 12.0 Å². The van der Waals surface area contributed by atoms with E-state index < -0.39 is 17.8 Å². The van der Waals surface area contributed by atoms with Gasteiger partial charge in [-0.25, -0.2) is 4.79 Å². The summed E-state index contributed by atoms with van der Waals surface area (Å²) < 4.78 is 44.0. The Labute approximate surface area is 184 Å². The van der Waals surface area contributed by atoms with Gasteiger partial charge in [0.25, 0.3) is 0 Å². The van der Waals surface area contributed by atoms with Crippen LogP contribution < -0.4 is 9.64 Å². The minimum absolute atomic E-state index is 0.00624. The molecule has 0 aliphatic carbocycles. The van der Waals surface area contributed by atoms with Crippen molar-refractivity contribution in [2.45, 2.75) is 33.5 Å². The summed E-state index contributed by atoms with van der Waals surface area (Å²) in [5.41, 5.74) is 3.74. The predicted octanol–water partition coefficient (Wildman–Crippen LogP) is 6.39. The van der Waals surface area contributed by atoms with Crippen LogP contribution in [0, 0.1) is 20.8 Å². The van der Waals surface area contributed by atoms with E-state index in [1.165, 1.54) is 12.1 Å². The normalized spacial score (nSPS) is 11.3. The molecule has 0 aliphatic heterocycles. The van der Waals surface area contributed by atoms with Gasteiger partial charge in [-0.15, -0.1) is 0 Å². The number of aryl methyl sites for hydroxylation is 2. The minimum Gasteiger partial charge on any atom is -0.496 e. The topological polar surface area (TPSA) is 62.7 Å². The lowest BCUT2D eigenvalue weighted by Gasteiger charge is -2.22. The average molecular weight is 444 g/mol. The highest BCUT2D eigenvalue weighted by atomic mass is 19.4. The van der Waals surface area contributed by atoms with E-state index in [0.717, 1.165) is 33.7 Å². The van der Waals surface area contributed by atoms with Crippen LogP contribution in [0.2, 0.25) is 0 Å². The fourth-order valence-corrected chi connectivity index (χ4v) is 3.59. The van der Waals surface area contributed by atoms with Gasteiger partial charge in [-0.2, -0.15) is 13.2 Å². The van der Waals surface area contributed by atoms with Crippen molar-refractivity contribution in [3.05, 3.63) is 76.6 Å². The largest absolute Gasteiger partial charge is 0.496 e. The van der Waals surface area contributed by atoms with Crippen molar-refractivity contribution in [3.63, 3.8) is 0 Å². The zero-order valence-electron chi connectivity index (χ0n) is 18.1. The molecule has 0 aliphatic rings. The van der Waals surface area contributed by atoms with Gasteiger partial charge in [0.15, 0.2) is 0 Å². The van der Waals surface area contributed by atoms with Gasteiger partial charge < -0.3 is 9.84 Å². The zero-order chi connectivity index (χ0) is 23.6. The van der Waals surface area contributed by atoms with E-state index in [2.05, 4.69) is 4.98 Å². The minimum atomic E-state index is -4.42. The number of amides is 1. The van der Waals surface area contributed by atoms with Crippen molar-refractivity contribution in [1.82, 2.24) is 4.98 Å². The first kappa shape index (κ1) is 23.1. The third-order valence-corrected chi connectivity index (χ3v) is 5.21. The summed E-state index contributed by atoms with van der Waals surface area (Å²) >= 11 is 0. The molecule has 3 aromatic rings. The summed E-state index contributed by atoms with van der Waals surface area (Å²) in [6, 6.07) is 9.93. The van der Waals surface area contributed by atoms with Crippen LogP contribution in [0.1, 0.15) is 27.9 Å². The molecule has 0 bridgehead atoms. The molecule has 0 saturated carbocycles. The van der Waals surface area contributed by atoms with Crippen molar-refractivity contribution in [1.29, 1.82) is 0 Å². The van der Waals surface area contributed by atoms with Gasteiger partial charge in [0.1, 0.15) is 5.75 Å². The molecular formula is C24H23F3N2O3. The Morgan fingerprint density at radius 2 is 1.72 bits per heavy atom. The highest BCUT2D eigenvalue weighted by molar-refractivity contribution is 5.87. The van der Waals surface area contributed by atoms with Crippen LogP contribution in [0.3, 0.4) is 0 Å². The monoisotopic (exact) mass is 444 g/mol. The van der Waals surface area contributed by atoms with Gasteiger partial charge in [-0.05, 0) is 61.7 Å². The second-order valence-electron chi connectivity index (χ2n) is 7.55. The lowest BCUT2D eigenvalue weighted by Crippen LogP contribution is -2.29. The first-order valence-corrected chi connectivity index (χ1v) is 9.80. The third-order valence-electron chi connectivity index (χ3n) is 5.21. The molecule has 0 radical (unpaired) electrons. The van der Waals surface area contributed by atoms with Gasteiger partial charge in [-0.3, -0.25) is 9.88 Å². The van der Waals surface area contributed by atoms with E-state index in [9.17, 15) is 23.1 Å². The Morgan fingerprint density at radius 3 is 2.28 bits per heavy atom. The molecule has 32 heavy (non-hydrogen) atoms. The molecule has 0 fully saturated rings. The van der Waals surface area contributed by atoms with E-state index in [-0.39, 0.29) is 6.54 Å². The Kier molecular flexibility index (Phi) is 6.43. The Hall–Kier alpha value is -3.55. The van der Waals surface area contributed by atoms with E-state index in [1.807, 2.05) is 13.8 Å². The van der Waals surface area contributed by atoms with Crippen molar-refractivity contribution < 1.29 is 27.8 Å². The summed E-state index contributed by atoms with van der Waals surface area (Å²) in [7, 11) is 1.55. The van der Waals surface area contributed by atoms with Crippen LogP contribution in [0.15, 0.2) is 48.7 Å². The second-order valence-corrected chi connectivity index (χ2v) is 7.55. The maximum atomic E-state index is 12.9. The molecule has 0 spiro atoms. The fourth-order valence-electron chi connectivity index (χ4n) is 3.59. The molecule has 3 rings (SSSR count). The van der Waals surface area contributed by atoms with Gasteiger partial charge in [0, 0.05) is 23.0 Å². The molecule has 0 saturated heterocycles. The number of pyridine rings is 1. The number of methoxy groups -OCH3 is 1. The number of rotatable bonds is 5. The van der Waals surface area contributed by atoms with Gasteiger partial charge >= 0.3 is 12.3 Å². The number of hydrogen-bond donors (Lipinski definition) is 1. The van der Waals surface area contributed by atoms with Crippen LogP contribution in [0.5, 0.6) is 5.75 Å². The fraction of sp³-hybridized carbons (Fsp3) is 0.250. The van der Waals surface area contributed by atoms with Gasteiger partial charge in [0.05, 0.1) is 24.9 Å². The van der Waals surface area contributed by atoms with Gasteiger partial charge in [0.2, 0.25) is 0 Å². The number of alkyl halides is 3. The smallest absolute Gasteiger partial charge is 0.416 e. The van der Waals surface area contributed by atoms with E-state index in [4.69, 9.17) is 4.74 Å². The molecular weight excluding hydrogens is 421 g/mol. The number of nitrogens with zero attached hydrogens (tertiary/aromatic N) is 2. The Bertz CT molecular complexity index is 1140. The van der Waals surface area contributed by atoms with Crippen LogP contribution in [0.25, 0.3) is 11.1 Å². The number of carbonyl (C=O) groups is 1. The molecule has 1 amide bonds. The number of halogens is 3. The lowest BCUT2D eigenvalue weighted by atomic mass is 10.0. The molecule has 1 aromatic heterocycles. The van der Waals surface area contributed by atoms with E-state index >= 15 is 0 Å². The maximum absolute atomic E-state index is 12.9. The molecule has 0 atom stereocenters. The van der Waals surface area contributed by atoms with Crippen molar-refractivity contribution in [2.24, 2.45) is 0 Å². The van der Waals surface area contributed by atoms with Crippen molar-refractivity contribution in [3.8, 4) is 16.9 Å².